The van der Waals surface area contributed by atoms with Crippen molar-refractivity contribution < 1.29 is 18.3 Å². The minimum absolute atomic E-state index is 0.147. The lowest BCUT2D eigenvalue weighted by Crippen LogP contribution is -2.05. The average molecular weight is 362 g/mol. The molecule has 1 saturated carbocycles. The number of nitrogens with two attached hydrogens (primary N) is 1. The minimum Gasteiger partial charge on any atom is -0.480 e. The maximum Gasteiger partial charge on any atom is 0.319 e. The standard InChI is InChI=1S/C16H16F2N6O2/c1-25-14-10(5-21-16(22-14)26-2)11-4-8(7-3-9(7)13(17)18)12-6-20-15(19)24(12)23-11/h4-7,9,13H,3H2,1-2H3,(H2,19,20)/t7-,9+/m1/s1. The van der Waals surface area contributed by atoms with Crippen molar-refractivity contribution in [2.75, 3.05) is 20.0 Å². The van der Waals surface area contributed by atoms with Crippen molar-refractivity contribution in [3.63, 3.8) is 0 Å². The summed E-state index contributed by atoms with van der Waals surface area (Å²) in [6.07, 6.45) is 1.10. The average Bonchev–Trinajstić information content (AvgIpc) is 3.38. The van der Waals surface area contributed by atoms with Crippen molar-refractivity contribution >= 4 is 11.5 Å². The van der Waals surface area contributed by atoms with Crippen LogP contribution in [0.2, 0.25) is 0 Å². The number of rotatable bonds is 5. The van der Waals surface area contributed by atoms with Crippen molar-refractivity contribution in [3.8, 4) is 23.1 Å². The summed E-state index contributed by atoms with van der Waals surface area (Å²) in [5.74, 6) is -0.500. The summed E-state index contributed by atoms with van der Waals surface area (Å²) in [4.78, 5) is 12.3. The number of anilines is 1. The van der Waals surface area contributed by atoms with Gasteiger partial charge in [-0.25, -0.2) is 18.7 Å². The quantitative estimate of drug-likeness (QED) is 0.742. The Hall–Kier alpha value is -3.04. The SMILES string of the molecule is COc1ncc(-c2cc([C@H]3C[C@@H]3C(F)F)c3cnc(N)n3n2)c(OC)n1. The predicted molar refractivity (Wildman–Crippen MR) is 88.4 cm³/mol. The van der Waals surface area contributed by atoms with Gasteiger partial charge in [0, 0.05) is 12.1 Å². The first kappa shape index (κ1) is 16.4. The highest BCUT2D eigenvalue weighted by atomic mass is 19.3. The Bertz CT molecular complexity index is 977. The van der Waals surface area contributed by atoms with Crippen molar-refractivity contribution in [3.05, 3.63) is 24.0 Å². The first-order valence-electron chi connectivity index (χ1n) is 7.91. The molecule has 0 bridgehead atoms. The van der Waals surface area contributed by atoms with Crippen LogP contribution >= 0.6 is 0 Å². The summed E-state index contributed by atoms with van der Waals surface area (Å²) >= 11 is 0. The van der Waals surface area contributed by atoms with Crippen molar-refractivity contribution in [1.82, 2.24) is 24.6 Å². The third-order valence-corrected chi connectivity index (χ3v) is 4.51. The smallest absolute Gasteiger partial charge is 0.319 e. The van der Waals surface area contributed by atoms with Gasteiger partial charge in [0.15, 0.2) is 0 Å². The van der Waals surface area contributed by atoms with Gasteiger partial charge in [-0.1, -0.05) is 0 Å². The minimum atomic E-state index is -2.37. The molecule has 1 aliphatic rings. The summed E-state index contributed by atoms with van der Waals surface area (Å²) in [6, 6.07) is 1.89. The Balaban J connectivity index is 1.88. The molecule has 2 N–H and O–H groups in total. The molecule has 1 fully saturated rings. The molecule has 0 saturated heterocycles. The molecular weight excluding hydrogens is 346 g/mol. The summed E-state index contributed by atoms with van der Waals surface area (Å²) < 4.78 is 37.9. The zero-order valence-corrected chi connectivity index (χ0v) is 14.1. The van der Waals surface area contributed by atoms with Crippen molar-refractivity contribution in [2.24, 2.45) is 5.92 Å². The number of ether oxygens (including phenoxy) is 2. The van der Waals surface area contributed by atoms with Crippen molar-refractivity contribution in [1.29, 1.82) is 0 Å². The fourth-order valence-corrected chi connectivity index (χ4v) is 3.08. The van der Waals surface area contributed by atoms with Crippen LogP contribution in [0.4, 0.5) is 14.7 Å². The van der Waals surface area contributed by atoms with Crippen LogP contribution in [0.5, 0.6) is 11.9 Å². The highest BCUT2D eigenvalue weighted by Crippen LogP contribution is 2.52. The fraction of sp³-hybridized carbons (Fsp3) is 0.375. The molecule has 3 aromatic rings. The molecule has 0 aliphatic heterocycles. The van der Waals surface area contributed by atoms with E-state index in [-0.39, 0.29) is 23.8 Å². The molecule has 3 aromatic heterocycles. The number of imidazole rings is 1. The van der Waals surface area contributed by atoms with Gasteiger partial charge in [0.2, 0.25) is 18.3 Å². The van der Waals surface area contributed by atoms with Crippen LogP contribution in [0.15, 0.2) is 18.5 Å². The van der Waals surface area contributed by atoms with E-state index in [0.29, 0.717) is 23.2 Å². The van der Waals surface area contributed by atoms with E-state index in [1.54, 1.807) is 12.3 Å². The second-order valence-corrected chi connectivity index (χ2v) is 6.02. The van der Waals surface area contributed by atoms with Gasteiger partial charge < -0.3 is 15.2 Å². The molecule has 2 atom stereocenters. The van der Waals surface area contributed by atoms with E-state index in [2.05, 4.69) is 20.1 Å². The van der Waals surface area contributed by atoms with Crippen LogP contribution in [0, 0.1) is 5.92 Å². The number of nitrogen functional groups attached to an aromatic ring is 1. The van der Waals surface area contributed by atoms with Crippen LogP contribution in [-0.4, -0.2) is 45.2 Å². The normalized spacial score (nSPS) is 19.1. The number of hydrogen-bond donors (Lipinski definition) is 1. The fourth-order valence-electron chi connectivity index (χ4n) is 3.08. The molecule has 0 unspecified atom stereocenters. The Labute approximate surface area is 147 Å². The van der Waals surface area contributed by atoms with Crippen LogP contribution < -0.4 is 15.2 Å². The lowest BCUT2D eigenvalue weighted by atomic mass is 10.1. The zero-order chi connectivity index (χ0) is 18.4. The Morgan fingerprint density at radius 3 is 2.69 bits per heavy atom. The van der Waals surface area contributed by atoms with Crippen LogP contribution in [-0.2, 0) is 0 Å². The third-order valence-electron chi connectivity index (χ3n) is 4.51. The largest absolute Gasteiger partial charge is 0.480 e. The lowest BCUT2D eigenvalue weighted by molar-refractivity contribution is 0.120. The molecule has 3 heterocycles. The molecule has 0 spiro atoms. The van der Waals surface area contributed by atoms with E-state index in [1.807, 2.05) is 0 Å². The first-order chi connectivity index (χ1) is 12.5. The van der Waals surface area contributed by atoms with Crippen LogP contribution in [0.1, 0.15) is 17.9 Å². The van der Waals surface area contributed by atoms with Gasteiger partial charge in [-0.2, -0.15) is 14.6 Å². The van der Waals surface area contributed by atoms with E-state index < -0.39 is 12.3 Å². The van der Waals surface area contributed by atoms with E-state index in [4.69, 9.17) is 15.2 Å². The summed E-state index contributed by atoms with van der Waals surface area (Å²) in [6.45, 7) is 0. The van der Waals surface area contributed by atoms with E-state index in [0.717, 1.165) is 5.56 Å². The Morgan fingerprint density at radius 2 is 2.04 bits per heavy atom. The van der Waals surface area contributed by atoms with E-state index >= 15 is 0 Å². The molecule has 10 heteroatoms. The highest BCUT2D eigenvalue weighted by Gasteiger charge is 2.46. The molecule has 26 heavy (non-hydrogen) atoms. The maximum absolute atomic E-state index is 13.1. The number of methoxy groups -OCH3 is 2. The first-order valence-corrected chi connectivity index (χ1v) is 7.91. The lowest BCUT2D eigenvalue weighted by Gasteiger charge is -2.11. The van der Waals surface area contributed by atoms with Gasteiger partial charge in [0.1, 0.15) is 0 Å². The van der Waals surface area contributed by atoms with Gasteiger partial charge in [-0.15, -0.1) is 0 Å². The van der Waals surface area contributed by atoms with Crippen LogP contribution in [0.3, 0.4) is 0 Å². The Kier molecular flexibility index (Phi) is 3.82. The molecule has 0 amide bonds. The van der Waals surface area contributed by atoms with Gasteiger partial charge >= 0.3 is 6.01 Å². The highest BCUT2D eigenvalue weighted by molar-refractivity contribution is 5.70. The maximum atomic E-state index is 13.1. The van der Waals surface area contributed by atoms with Crippen LogP contribution in [0.25, 0.3) is 16.8 Å². The Morgan fingerprint density at radius 1 is 1.23 bits per heavy atom. The van der Waals surface area contributed by atoms with E-state index in [1.165, 1.54) is 24.9 Å². The summed E-state index contributed by atoms with van der Waals surface area (Å²) in [7, 11) is 2.91. The number of nitrogens with zero attached hydrogens (tertiary/aromatic N) is 5. The molecule has 4 rings (SSSR count). The van der Waals surface area contributed by atoms with Gasteiger partial charge in [0.25, 0.3) is 0 Å². The van der Waals surface area contributed by atoms with Gasteiger partial charge in [-0.3, -0.25) is 0 Å². The number of aromatic nitrogens is 5. The van der Waals surface area contributed by atoms with Crippen molar-refractivity contribution in [2.45, 2.75) is 18.8 Å². The monoisotopic (exact) mass is 362 g/mol. The summed E-state index contributed by atoms with van der Waals surface area (Å²) in [5, 5.41) is 4.45. The second kappa shape index (κ2) is 6.04. The third kappa shape index (κ3) is 2.57. The predicted octanol–water partition coefficient (Wildman–Crippen LogP) is 2.15. The molecular formula is C16H16F2N6O2. The topological polar surface area (TPSA) is 100 Å². The molecule has 136 valence electrons. The van der Waals surface area contributed by atoms with Gasteiger partial charge in [-0.05, 0) is 24.0 Å². The van der Waals surface area contributed by atoms with E-state index in [9.17, 15) is 8.78 Å². The second-order valence-electron chi connectivity index (χ2n) is 6.02. The number of fused-ring (bicyclic) bond motifs is 1. The number of alkyl halides is 2. The molecule has 0 radical (unpaired) electrons. The zero-order valence-electron chi connectivity index (χ0n) is 14.1. The number of halogens is 2. The van der Waals surface area contributed by atoms with Gasteiger partial charge in [0.05, 0.1) is 37.2 Å². The summed E-state index contributed by atoms with van der Waals surface area (Å²) in [5.41, 5.74) is 8.18. The molecule has 0 aromatic carbocycles. The molecule has 1 aliphatic carbocycles. The number of hydrogen-bond acceptors (Lipinski definition) is 7. The molecule has 8 nitrogen and oxygen atoms in total.